The summed E-state index contributed by atoms with van der Waals surface area (Å²) in [7, 11) is 0. The van der Waals surface area contributed by atoms with Gasteiger partial charge in [0.1, 0.15) is 29.8 Å². The number of pyridine rings is 1. The molecule has 18 heteroatoms. The molecule has 1 aromatic carbocycles. The zero-order chi connectivity index (χ0) is 33.3. The van der Waals surface area contributed by atoms with E-state index in [0.29, 0.717) is 41.4 Å². The summed E-state index contributed by atoms with van der Waals surface area (Å²) in [5.41, 5.74) is 11.8. The number of carbonyl (C=O) groups excluding carboxylic acids is 1. The van der Waals surface area contributed by atoms with Crippen molar-refractivity contribution in [2.75, 3.05) is 23.7 Å². The van der Waals surface area contributed by atoms with E-state index >= 15 is 8.78 Å². The van der Waals surface area contributed by atoms with Crippen LogP contribution in [0.4, 0.5) is 33.9 Å². The Hall–Kier alpha value is -5.10. The lowest BCUT2D eigenvalue weighted by Crippen LogP contribution is -2.63. The summed E-state index contributed by atoms with van der Waals surface area (Å²) in [6.45, 7) is 1.42. The number of imidazole rings is 1. The lowest BCUT2D eigenvalue weighted by molar-refractivity contribution is -0.138. The molecule has 3 aromatic heterocycles. The number of nitrogen functional groups attached to an aromatic ring is 1. The highest BCUT2D eigenvalue weighted by molar-refractivity contribution is 5.82. The minimum atomic E-state index is -3.07. The summed E-state index contributed by atoms with van der Waals surface area (Å²) >= 11 is 0. The van der Waals surface area contributed by atoms with Crippen molar-refractivity contribution in [2.24, 2.45) is 5.73 Å². The second kappa shape index (κ2) is 12.7. The van der Waals surface area contributed by atoms with Crippen LogP contribution in [0, 0.1) is 11.6 Å². The summed E-state index contributed by atoms with van der Waals surface area (Å²) in [6, 6.07) is 1.49. The van der Waals surface area contributed by atoms with E-state index in [0.717, 1.165) is 13.0 Å². The van der Waals surface area contributed by atoms with Crippen LogP contribution >= 0.6 is 0 Å². The molecule has 0 saturated carbocycles. The Balaban J connectivity index is 1.53. The lowest BCUT2D eigenvalue weighted by Gasteiger charge is -2.44. The molecule has 0 unspecified atom stereocenters. The number of amides is 1. The van der Waals surface area contributed by atoms with Gasteiger partial charge in [-0.05, 0) is 37.5 Å². The third-order valence-corrected chi connectivity index (χ3v) is 7.66. The first-order chi connectivity index (χ1) is 21.8. The molecule has 5 rings (SSSR count). The number of anilines is 2. The van der Waals surface area contributed by atoms with Crippen LogP contribution in [0.1, 0.15) is 25.3 Å². The molecule has 0 bridgehead atoms. The van der Waals surface area contributed by atoms with Gasteiger partial charge >= 0.3 is 12.1 Å². The van der Waals surface area contributed by atoms with Crippen LogP contribution < -0.4 is 26.4 Å². The maximum absolute atomic E-state index is 15.4. The van der Waals surface area contributed by atoms with Gasteiger partial charge in [-0.2, -0.15) is 0 Å². The van der Waals surface area contributed by atoms with Gasteiger partial charge in [0.25, 0.3) is 6.43 Å². The van der Waals surface area contributed by atoms with Crippen molar-refractivity contribution in [2.45, 2.75) is 50.4 Å². The number of nitrogens with two attached hydrogens (primary N) is 2. The van der Waals surface area contributed by atoms with Crippen LogP contribution in [0.15, 0.2) is 37.1 Å². The number of rotatable bonds is 9. The number of carboxylic acid groups (broad SMARTS) is 1. The number of fused-ring (bicyclic) bond motifs is 1. The Morgan fingerprint density at radius 2 is 1.91 bits per heavy atom. The van der Waals surface area contributed by atoms with Gasteiger partial charge in [-0.25, -0.2) is 37.3 Å². The van der Waals surface area contributed by atoms with E-state index in [-0.39, 0.29) is 36.6 Å². The molecule has 3 atom stereocenters. The first-order valence-electron chi connectivity index (χ1n) is 13.9. The van der Waals surface area contributed by atoms with E-state index in [2.05, 4.69) is 19.9 Å². The number of nitrogens with zero attached hydrogens (tertiary/aromatic N) is 6. The van der Waals surface area contributed by atoms with E-state index in [1.807, 2.05) is 5.32 Å². The molecule has 46 heavy (non-hydrogen) atoms. The van der Waals surface area contributed by atoms with Gasteiger partial charge in [-0.3, -0.25) is 9.78 Å². The van der Waals surface area contributed by atoms with Gasteiger partial charge in [0.2, 0.25) is 0 Å². The molecule has 14 nitrogen and oxygen atoms in total. The Kier molecular flexibility index (Phi) is 8.93. The number of carbonyl (C=O) groups is 2. The topological polar surface area (TPSA) is 208 Å². The first kappa shape index (κ1) is 32.3. The molecular formula is C28H29F4N9O5. The largest absolute Gasteiger partial charge is 0.480 e. The molecule has 1 fully saturated rings. The number of hydrogen-bond donors (Lipinski definition) is 5. The standard InChI is InChI=1S/C28H29F4N9O5/c1-13(26(43)44)39-27(45)46-20-7-16(29)15(6-17(20)30)18-5-14(9-41-12-38-21-24(33)36-11-37-25(21)41)19(8-35-18)40-4-2-3-28(34,10-40)22(42)23(31)32/h5-8,11-13,22-23,42H,2-4,9-10,34H2,1H3,(H,39,45)(H,43,44)(H2,33,36,37)/t13-,22+,28+/m0/s1. The number of alkyl halides is 2. The Morgan fingerprint density at radius 1 is 1.15 bits per heavy atom. The predicted molar refractivity (Wildman–Crippen MR) is 155 cm³/mol. The number of aromatic nitrogens is 5. The highest BCUT2D eigenvalue weighted by Gasteiger charge is 2.43. The number of aliphatic carboxylic acids is 1. The molecule has 0 radical (unpaired) electrons. The number of ether oxygens (including phenoxy) is 1. The molecule has 0 spiro atoms. The molecule has 7 N–H and O–H groups in total. The number of hydrogen-bond acceptors (Lipinski definition) is 11. The smallest absolute Gasteiger partial charge is 0.413 e. The number of aliphatic hydroxyl groups excluding tert-OH is 1. The van der Waals surface area contributed by atoms with E-state index in [1.165, 1.54) is 24.9 Å². The van der Waals surface area contributed by atoms with Gasteiger partial charge in [-0.1, -0.05) is 0 Å². The van der Waals surface area contributed by atoms with Crippen LogP contribution in [0.2, 0.25) is 0 Å². The summed E-state index contributed by atoms with van der Waals surface area (Å²) in [6.07, 6.45) is -1.89. The predicted octanol–water partition coefficient (Wildman–Crippen LogP) is 2.28. The zero-order valence-electron chi connectivity index (χ0n) is 24.2. The Bertz CT molecular complexity index is 1790. The molecule has 1 saturated heterocycles. The zero-order valence-corrected chi connectivity index (χ0v) is 24.2. The number of aliphatic hydroxyl groups is 1. The van der Waals surface area contributed by atoms with Gasteiger partial charge in [0, 0.05) is 24.7 Å². The van der Waals surface area contributed by atoms with Crippen LogP contribution in [0.3, 0.4) is 0 Å². The number of benzene rings is 1. The van der Waals surface area contributed by atoms with Crippen molar-refractivity contribution in [1.82, 2.24) is 29.8 Å². The van der Waals surface area contributed by atoms with Gasteiger partial charge in [0.15, 0.2) is 23.0 Å². The maximum atomic E-state index is 15.4. The van der Waals surface area contributed by atoms with Crippen molar-refractivity contribution >= 4 is 34.7 Å². The summed E-state index contributed by atoms with van der Waals surface area (Å²) in [5, 5.41) is 21.1. The van der Waals surface area contributed by atoms with Crippen LogP contribution in [-0.4, -0.2) is 84.0 Å². The number of nitrogens with one attached hydrogen (secondary N) is 1. The monoisotopic (exact) mass is 647 g/mol. The second-order valence-electron chi connectivity index (χ2n) is 10.9. The lowest BCUT2D eigenvalue weighted by atomic mass is 9.84. The van der Waals surface area contributed by atoms with Crippen molar-refractivity contribution in [3.63, 3.8) is 0 Å². The fraction of sp³-hybridized carbons (Fsp3) is 0.357. The molecule has 1 aliphatic heterocycles. The molecule has 244 valence electrons. The van der Waals surface area contributed by atoms with Crippen LogP contribution in [0.25, 0.3) is 22.4 Å². The van der Waals surface area contributed by atoms with E-state index in [4.69, 9.17) is 21.3 Å². The third kappa shape index (κ3) is 6.47. The SMILES string of the molecule is C[C@H](NC(=O)Oc1cc(F)c(-c2cc(Cn3cnc4c(N)ncnc43)c(N3CCC[C@](N)([C@H](O)C(F)F)C3)cn2)cc1F)C(=O)O. The molecule has 0 aliphatic carbocycles. The average Bonchev–Trinajstić information content (AvgIpc) is 3.42. The second-order valence-corrected chi connectivity index (χ2v) is 10.9. The van der Waals surface area contributed by atoms with Crippen molar-refractivity contribution < 1.29 is 42.1 Å². The van der Waals surface area contributed by atoms with Gasteiger partial charge in [0.05, 0.1) is 36.0 Å². The van der Waals surface area contributed by atoms with E-state index in [9.17, 15) is 23.5 Å². The van der Waals surface area contributed by atoms with Crippen LogP contribution in [0.5, 0.6) is 5.75 Å². The fourth-order valence-electron chi connectivity index (χ4n) is 5.23. The number of piperidine rings is 1. The average molecular weight is 648 g/mol. The summed E-state index contributed by atoms with van der Waals surface area (Å²) < 4.78 is 63.7. The summed E-state index contributed by atoms with van der Waals surface area (Å²) in [5.74, 6) is -4.18. The van der Waals surface area contributed by atoms with E-state index < -0.39 is 53.6 Å². The third-order valence-electron chi connectivity index (χ3n) is 7.66. The van der Waals surface area contributed by atoms with E-state index in [1.54, 1.807) is 9.47 Å². The quantitative estimate of drug-likeness (QED) is 0.166. The highest BCUT2D eigenvalue weighted by atomic mass is 19.3. The van der Waals surface area contributed by atoms with Crippen molar-refractivity contribution in [1.29, 1.82) is 0 Å². The Labute approximate surface area is 258 Å². The molecule has 4 aromatic rings. The minimum absolute atomic E-state index is 0.0344. The minimum Gasteiger partial charge on any atom is -0.480 e. The normalized spacial score (nSPS) is 18.0. The maximum Gasteiger partial charge on any atom is 0.413 e. The highest BCUT2D eigenvalue weighted by Crippen LogP contribution is 2.35. The molecule has 1 amide bonds. The van der Waals surface area contributed by atoms with Crippen molar-refractivity contribution in [3.05, 3.63) is 54.2 Å². The first-order valence-corrected chi connectivity index (χ1v) is 13.9. The van der Waals surface area contributed by atoms with Gasteiger partial charge in [-0.15, -0.1) is 0 Å². The number of carboxylic acids is 1. The molecular weight excluding hydrogens is 618 g/mol. The van der Waals surface area contributed by atoms with Gasteiger partial charge < -0.3 is 41.2 Å². The van der Waals surface area contributed by atoms with Crippen molar-refractivity contribution in [3.8, 4) is 17.0 Å². The molecule has 4 heterocycles. The summed E-state index contributed by atoms with van der Waals surface area (Å²) in [4.78, 5) is 41.3. The fourth-order valence-corrected chi connectivity index (χ4v) is 5.23. The molecule has 1 aliphatic rings. The Morgan fingerprint density at radius 3 is 2.63 bits per heavy atom. The van der Waals surface area contributed by atoms with Crippen LogP contribution in [-0.2, 0) is 11.3 Å². The number of halogens is 4.